The van der Waals surface area contributed by atoms with Crippen LogP contribution in [0.1, 0.15) is 47.9 Å². The summed E-state index contributed by atoms with van der Waals surface area (Å²) in [4.78, 5) is 5.48. The number of aliphatic hydroxyl groups excluding tert-OH is 1. The number of nitrogens with zero attached hydrogens (tertiary/aromatic N) is 1. The molecule has 1 aromatic carbocycles. The Balaban J connectivity index is 1.49. The third kappa shape index (κ3) is 7.06. The van der Waals surface area contributed by atoms with Gasteiger partial charge in [-0.1, -0.05) is 25.1 Å². The molecule has 8 heteroatoms. The summed E-state index contributed by atoms with van der Waals surface area (Å²) in [5, 5.41) is 12.5. The Morgan fingerprint density at radius 3 is 2.76 bits per heavy atom. The number of aryl methyl sites for hydroxylation is 1. The van der Waals surface area contributed by atoms with Crippen LogP contribution in [0.3, 0.4) is 0 Å². The van der Waals surface area contributed by atoms with Crippen LogP contribution in [-0.4, -0.2) is 56.5 Å². The summed E-state index contributed by atoms with van der Waals surface area (Å²) >= 11 is 1.85. The Bertz CT molecular complexity index is 1020. The Labute approximate surface area is 202 Å². The fourth-order valence-electron chi connectivity index (χ4n) is 4.48. The number of piperidine rings is 1. The van der Waals surface area contributed by atoms with E-state index in [1.807, 2.05) is 11.3 Å². The fraction of sp³-hybridized carbons (Fsp3) is 0.520. The Morgan fingerprint density at radius 2 is 2.09 bits per heavy atom. The van der Waals surface area contributed by atoms with Gasteiger partial charge in [0.2, 0.25) is 0 Å². The number of thiophene rings is 1. The minimum atomic E-state index is -3.29. The molecule has 0 amide bonds. The summed E-state index contributed by atoms with van der Waals surface area (Å²) in [7, 11) is -3.29. The highest BCUT2D eigenvalue weighted by Gasteiger charge is 2.28. The molecule has 6 nitrogen and oxygen atoms in total. The number of benzene rings is 1. The zero-order valence-corrected chi connectivity index (χ0v) is 21.3. The minimum Gasteiger partial charge on any atom is -0.400 e. The molecule has 0 spiro atoms. The molecule has 2 aromatic rings. The lowest BCUT2D eigenvalue weighted by molar-refractivity contribution is 0.158. The van der Waals surface area contributed by atoms with Crippen LogP contribution in [0.4, 0.5) is 0 Å². The monoisotopic (exact) mass is 491 g/mol. The van der Waals surface area contributed by atoms with E-state index in [1.165, 1.54) is 15.3 Å². The number of hydrogen-bond donors (Lipinski definition) is 3. The van der Waals surface area contributed by atoms with Crippen molar-refractivity contribution in [2.75, 3.05) is 32.0 Å². The molecule has 4 N–H and O–H groups in total. The molecule has 1 unspecified atom stereocenters. The van der Waals surface area contributed by atoms with Gasteiger partial charge < -0.3 is 16.2 Å². The van der Waals surface area contributed by atoms with Crippen molar-refractivity contribution in [2.45, 2.75) is 56.4 Å². The summed E-state index contributed by atoms with van der Waals surface area (Å²) < 4.78 is 24.7. The van der Waals surface area contributed by atoms with Crippen LogP contribution in [0, 0.1) is 0 Å². The summed E-state index contributed by atoms with van der Waals surface area (Å²) in [6, 6.07) is 11.3. The first-order valence-electron chi connectivity index (χ1n) is 11.8. The van der Waals surface area contributed by atoms with Crippen molar-refractivity contribution in [2.24, 2.45) is 5.73 Å². The molecule has 2 atom stereocenters. The van der Waals surface area contributed by atoms with Crippen molar-refractivity contribution >= 4 is 21.2 Å². The highest BCUT2D eigenvalue weighted by atomic mass is 32.2. The van der Waals surface area contributed by atoms with Crippen LogP contribution in [0.25, 0.3) is 0 Å². The maximum absolute atomic E-state index is 12.4. The van der Waals surface area contributed by atoms with E-state index in [-0.39, 0.29) is 12.4 Å². The zero-order valence-electron chi connectivity index (χ0n) is 19.7. The predicted octanol–water partition coefficient (Wildman–Crippen LogP) is 3.28. The van der Waals surface area contributed by atoms with Gasteiger partial charge in [0.05, 0.1) is 10.6 Å². The zero-order chi connectivity index (χ0) is 23.8. The Hall–Kier alpha value is -1.87. The molecule has 1 fully saturated rings. The van der Waals surface area contributed by atoms with Gasteiger partial charge in [-0.3, -0.25) is 4.90 Å². The van der Waals surface area contributed by atoms with E-state index < -0.39 is 9.84 Å². The van der Waals surface area contributed by atoms with Gasteiger partial charge in [0.1, 0.15) is 0 Å². The van der Waals surface area contributed by atoms with E-state index in [9.17, 15) is 13.5 Å². The number of aliphatic hydroxyl groups is 1. The third-order valence-electron chi connectivity index (χ3n) is 6.32. The van der Waals surface area contributed by atoms with E-state index in [0.29, 0.717) is 35.6 Å². The highest BCUT2D eigenvalue weighted by Crippen LogP contribution is 2.37. The van der Waals surface area contributed by atoms with Gasteiger partial charge in [-0.05, 0) is 62.4 Å². The standard InChI is InChI=1S/C25H37N3O3S2/c1-3-22-16-24(25(32-22)10-13-29)20-9-12-28(19(2)15-20)18-21(26)17-27-11-14-33(30,31)23-7-5-4-6-8-23/h4-8,16-17,19-20,27,29H,3,9-15,18,26H2,1-2H3/b21-17-/t19-,20?/m0/s1. The molecule has 2 heterocycles. The van der Waals surface area contributed by atoms with Gasteiger partial charge in [-0.2, -0.15) is 0 Å². The predicted molar refractivity (Wildman–Crippen MR) is 136 cm³/mol. The van der Waals surface area contributed by atoms with E-state index in [0.717, 1.165) is 32.2 Å². The van der Waals surface area contributed by atoms with Gasteiger partial charge in [0, 0.05) is 53.8 Å². The van der Waals surface area contributed by atoms with E-state index in [4.69, 9.17) is 5.73 Å². The van der Waals surface area contributed by atoms with E-state index >= 15 is 0 Å². The molecule has 1 aromatic heterocycles. The van der Waals surface area contributed by atoms with Crippen LogP contribution in [0.15, 0.2) is 53.2 Å². The maximum atomic E-state index is 12.4. The largest absolute Gasteiger partial charge is 0.400 e. The van der Waals surface area contributed by atoms with Gasteiger partial charge in [0.25, 0.3) is 0 Å². The fourth-order valence-corrected chi connectivity index (χ4v) is 6.86. The summed E-state index contributed by atoms with van der Waals surface area (Å²) in [5.74, 6) is 0.556. The maximum Gasteiger partial charge on any atom is 0.180 e. The molecule has 1 saturated heterocycles. The van der Waals surface area contributed by atoms with Crippen molar-refractivity contribution in [3.63, 3.8) is 0 Å². The lowest BCUT2D eigenvalue weighted by atomic mass is 9.85. The summed E-state index contributed by atoms with van der Waals surface area (Å²) in [6.07, 6.45) is 5.69. The lowest BCUT2D eigenvalue weighted by Gasteiger charge is -2.38. The number of sulfone groups is 1. The van der Waals surface area contributed by atoms with Gasteiger partial charge in [0.15, 0.2) is 9.84 Å². The summed E-state index contributed by atoms with van der Waals surface area (Å²) in [6.45, 7) is 6.59. The summed E-state index contributed by atoms with van der Waals surface area (Å²) in [5.41, 5.74) is 8.38. The van der Waals surface area contributed by atoms with Crippen LogP contribution >= 0.6 is 11.3 Å². The van der Waals surface area contributed by atoms with Crippen molar-refractivity contribution in [1.29, 1.82) is 0 Å². The second-order valence-electron chi connectivity index (χ2n) is 8.76. The smallest absolute Gasteiger partial charge is 0.180 e. The van der Waals surface area contributed by atoms with Crippen LogP contribution in [0.2, 0.25) is 0 Å². The van der Waals surface area contributed by atoms with Crippen molar-refractivity contribution in [3.05, 3.63) is 63.6 Å². The molecular weight excluding hydrogens is 454 g/mol. The molecule has 1 aliphatic rings. The molecule has 0 radical (unpaired) electrons. The van der Waals surface area contributed by atoms with Gasteiger partial charge >= 0.3 is 0 Å². The van der Waals surface area contributed by atoms with Crippen LogP contribution in [-0.2, 0) is 22.7 Å². The molecule has 3 rings (SSSR count). The number of nitrogens with one attached hydrogen (secondary N) is 1. The first-order chi connectivity index (χ1) is 15.8. The molecular formula is C25H37N3O3S2. The number of nitrogens with two attached hydrogens (primary N) is 1. The molecule has 0 bridgehead atoms. The molecule has 182 valence electrons. The molecule has 0 saturated carbocycles. The Morgan fingerprint density at radius 1 is 1.33 bits per heavy atom. The number of hydrogen-bond acceptors (Lipinski definition) is 7. The first-order valence-corrected chi connectivity index (χ1v) is 14.2. The second kappa shape index (κ2) is 12.0. The first kappa shape index (κ1) is 25.7. The average molecular weight is 492 g/mol. The van der Waals surface area contributed by atoms with Gasteiger partial charge in [-0.15, -0.1) is 11.3 Å². The van der Waals surface area contributed by atoms with Crippen LogP contribution < -0.4 is 11.1 Å². The van der Waals surface area contributed by atoms with Gasteiger partial charge in [-0.25, -0.2) is 8.42 Å². The normalized spacial score (nSPS) is 20.2. The second-order valence-corrected chi connectivity index (χ2v) is 12.1. The van der Waals surface area contributed by atoms with E-state index in [2.05, 4.69) is 30.1 Å². The van der Waals surface area contributed by atoms with Crippen molar-refractivity contribution in [1.82, 2.24) is 10.2 Å². The highest BCUT2D eigenvalue weighted by molar-refractivity contribution is 7.91. The number of likely N-dealkylation sites (tertiary alicyclic amines) is 1. The molecule has 0 aliphatic carbocycles. The number of rotatable bonds is 11. The SMILES string of the molecule is CCc1cc(C2CCN(C/C(N)=C/NCCS(=O)(=O)c3ccccc3)[C@@H](C)C2)c(CCO)s1. The average Bonchev–Trinajstić information content (AvgIpc) is 3.22. The molecule has 1 aliphatic heterocycles. The minimum absolute atomic E-state index is 0.0269. The Kier molecular flexibility index (Phi) is 9.37. The topological polar surface area (TPSA) is 95.7 Å². The van der Waals surface area contributed by atoms with Crippen molar-refractivity contribution < 1.29 is 13.5 Å². The lowest BCUT2D eigenvalue weighted by Crippen LogP contribution is -2.42. The third-order valence-corrected chi connectivity index (χ3v) is 9.41. The molecule has 33 heavy (non-hydrogen) atoms. The van der Waals surface area contributed by atoms with E-state index in [1.54, 1.807) is 36.5 Å². The van der Waals surface area contributed by atoms with Crippen molar-refractivity contribution in [3.8, 4) is 0 Å². The van der Waals surface area contributed by atoms with Crippen LogP contribution in [0.5, 0.6) is 0 Å². The quantitative estimate of drug-likeness (QED) is 0.418.